The van der Waals surface area contributed by atoms with Crippen LogP contribution in [0.5, 0.6) is 0 Å². The molecule has 0 N–H and O–H groups in total. The van der Waals surface area contributed by atoms with Crippen molar-refractivity contribution in [2.75, 3.05) is 0 Å². The van der Waals surface area contributed by atoms with Gasteiger partial charge in [-0.15, -0.1) is 0 Å². The number of hydrogen-bond donors (Lipinski definition) is 0. The number of halogens is 1. The first kappa shape index (κ1) is 17.7. The fourth-order valence-electron chi connectivity index (χ4n) is 3.13. The molecular formula is C24H23Br. The fourth-order valence-corrected chi connectivity index (χ4v) is 3.79. The molecule has 0 aliphatic rings. The van der Waals surface area contributed by atoms with Crippen molar-refractivity contribution in [3.8, 4) is 22.3 Å². The van der Waals surface area contributed by atoms with Crippen molar-refractivity contribution < 1.29 is 0 Å². The molecule has 1 heteroatoms. The highest BCUT2D eigenvalue weighted by molar-refractivity contribution is 9.10. The lowest BCUT2D eigenvalue weighted by Gasteiger charge is -2.12. The van der Waals surface area contributed by atoms with E-state index in [1.54, 1.807) is 0 Å². The van der Waals surface area contributed by atoms with Crippen LogP contribution in [0.1, 0.15) is 30.0 Å². The molecule has 0 fully saturated rings. The molecule has 25 heavy (non-hydrogen) atoms. The summed E-state index contributed by atoms with van der Waals surface area (Å²) in [5.41, 5.74) is 8.68. The van der Waals surface area contributed by atoms with Crippen molar-refractivity contribution in [1.29, 1.82) is 0 Å². The van der Waals surface area contributed by atoms with Gasteiger partial charge < -0.3 is 0 Å². The summed E-state index contributed by atoms with van der Waals surface area (Å²) in [6.45, 7) is 8.34. The molecular weight excluding hydrogens is 368 g/mol. The van der Waals surface area contributed by atoms with Crippen molar-refractivity contribution in [3.63, 3.8) is 0 Å². The monoisotopic (exact) mass is 390 g/mol. The predicted molar refractivity (Wildman–Crippen MR) is 114 cm³/mol. The Balaban J connectivity index is 2.02. The number of benzene rings is 3. The Hall–Kier alpha value is -2.12. The third-order valence-corrected chi connectivity index (χ3v) is 5.17. The Bertz CT molecular complexity index is 888. The molecule has 0 bridgehead atoms. The molecule has 126 valence electrons. The molecule has 0 aliphatic heterocycles. The second-order valence-electron chi connectivity index (χ2n) is 6.44. The summed E-state index contributed by atoms with van der Waals surface area (Å²) in [5, 5.41) is 0. The average Bonchev–Trinajstić information content (AvgIpc) is 2.62. The molecule has 0 amide bonds. The summed E-state index contributed by atoms with van der Waals surface area (Å²) < 4.78 is 1.15. The second kappa shape index (κ2) is 7.84. The van der Waals surface area contributed by atoms with E-state index in [1.165, 1.54) is 33.4 Å². The molecule has 0 heterocycles. The van der Waals surface area contributed by atoms with E-state index in [1.807, 2.05) is 6.08 Å². The van der Waals surface area contributed by atoms with Crippen LogP contribution < -0.4 is 0 Å². The van der Waals surface area contributed by atoms with E-state index in [2.05, 4.69) is 97.0 Å². The Morgan fingerprint density at radius 1 is 0.880 bits per heavy atom. The van der Waals surface area contributed by atoms with Crippen LogP contribution in [0.2, 0.25) is 0 Å². The first-order valence-corrected chi connectivity index (χ1v) is 9.54. The number of hydrogen-bond acceptors (Lipinski definition) is 0. The molecule has 3 aromatic rings. The maximum atomic E-state index is 4.02. The van der Waals surface area contributed by atoms with Crippen LogP contribution >= 0.6 is 15.9 Å². The Morgan fingerprint density at radius 2 is 1.56 bits per heavy atom. The third-order valence-electron chi connectivity index (χ3n) is 4.52. The van der Waals surface area contributed by atoms with Crippen LogP contribution in [0.3, 0.4) is 0 Å². The number of rotatable bonds is 5. The summed E-state index contributed by atoms with van der Waals surface area (Å²) >= 11 is 3.75. The van der Waals surface area contributed by atoms with Gasteiger partial charge in [0, 0.05) is 4.47 Å². The Kier molecular flexibility index (Phi) is 5.55. The molecule has 0 radical (unpaired) electrons. The zero-order valence-corrected chi connectivity index (χ0v) is 16.4. The maximum Gasteiger partial charge on any atom is 0.0256 e. The van der Waals surface area contributed by atoms with E-state index in [0.717, 1.165) is 22.9 Å². The van der Waals surface area contributed by atoms with E-state index in [4.69, 9.17) is 0 Å². The minimum Gasteiger partial charge on any atom is -0.0984 e. The minimum atomic E-state index is 1.11. The van der Waals surface area contributed by atoms with Crippen LogP contribution in [0.25, 0.3) is 28.3 Å². The average molecular weight is 391 g/mol. The largest absolute Gasteiger partial charge is 0.0984 e. The topological polar surface area (TPSA) is 0 Å². The lowest BCUT2D eigenvalue weighted by atomic mass is 9.94. The molecule has 3 aromatic carbocycles. The predicted octanol–water partition coefficient (Wildman–Crippen LogP) is 7.69. The van der Waals surface area contributed by atoms with Crippen molar-refractivity contribution in [1.82, 2.24) is 0 Å². The van der Waals surface area contributed by atoms with Gasteiger partial charge in [-0.25, -0.2) is 0 Å². The van der Waals surface area contributed by atoms with E-state index >= 15 is 0 Å². The van der Waals surface area contributed by atoms with E-state index in [0.29, 0.717) is 0 Å². The molecule has 0 saturated carbocycles. The van der Waals surface area contributed by atoms with Crippen LogP contribution in [0, 0.1) is 6.92 Å². The second-order valence-corrected chi connectivity index (χ2v) is 7.29. The minimum absolute atomic E-state index is 1.11. The zero-order valence-electron chi connectivity index (χ0n) is 14.9. The summed E-state index contributed by atoms with van der Waals surface area (Å²) in [4.78, 5) is 0. The number of aryl methyl sites for hydroxylation is 2. The summed E-state index contributed by atoms with van der Waals surface area (Å²) in [6.07, 6.45) is 4.22. The highest BCUT2D eigenvalue weighted by atomic mass is 79.9. The van der Waals surface area contributed by atoms with Gasteiger partial charge in [0.1, 0.15) is 0 Å². The van der Waals surface area contributed by atoms with Gasteiger partial charge in [-0.2, -0.15) is 0 Å². The van der Waals surface area contributed by atoms with Crippen LogP contribution in [-0.2, 0) is 6.42 Å². The quantitative estimate of drug-likeness (QED) is 0.418. The summed E-state index contributed by atoms with van der Waals surface area (Å²) in [6, 6.07) is 21.9. The van der Waals surface area contributed by atoms with Crippen molar-refractivity contribution in [2.24, 2.45) is 0 Å². The first-order chi connectivity index (χ1) is 12.1. The Labute approximate surface area is 159 Å². The van der Waals surface area contributed by atoms with Gasteiger partial charge >= 0.3 is 0 Å². The smallest absolute Gasteiger partial charge is 0.0256 e. The zero-order chi connectivity index (χ0) is 17.8. The normalized spacial score (nSPS) is 10.7. The summed E-state index contributed by atoms with van der Waals surface area (Å²) in [7, 11) is 0. The lowest BCUT2D eigenvalue weighted by Crippen LogP contribution is -1.89. The highest BCUT2D eigenvalue weighted by Gasteiger charge is 2.08. The first-order valence-electron chi connectivity index (χ1n) is 8.74. The summed E-state index contributed by atoms with van der Waals surface area (Å²) in [5.74, 6) is 0. The Morgan fingerprint density at radius 3 is 2.20 bits per heavy atom. The van der Waals surface area contributed by atoms with Crippen molar-refractivity contribution >= 4 is 22.0 Å². The van der Waals surface area contributed by atoms with Gasteiger partial charge in [-0.1, -0.05) is 96.0 Å². The molecule has 3 rings (SSSR count). The van der Waals surface area contributed by atoms with Crippen molar-refractivity contribution in [2.45, 2.75) is 26.7 Å². The maximum absolute atomic E-state index is 4.02. The molecule has 0 atom stereocenters. The molecule has 0 spiro atoms. The van der Waals surface area contributed by atoms with Gasteiger partial charge in [0.05, 0.1) is 0 Å². The molecule has 0 saturated heterocycles. The molecule has 0 aliphatic carbocycles. The highest BCUT2D eigenvalue weighted by Crippen LogP contribution is 2.34. The van der Waals surface area contributed by atoms with Gasteiger partial charge in [-0.05, 0) is 58.9 Å². The van der Waals surface area contributed by atoms with Gasteiger partial charge in [0.15, 0.2) is 0 Å². The third kappa shape index (κ3) is 3.93. The lowest BCUT2D eigenvalue weighted by molar-refractivity contribution is 0.921. The SMILES string of the molecule is C=Cc1cc(-c2ccc(CCC)cc2Br)ccc1-c1ccc(C)cc1. The van der Waals surface area contributed by atoms with Gasteiger partial charge in [-0.3, -0.25) is 0 Å². The van der Waals surface area contributed by atoms with Gasteiger partial charge in [0.2, 0.25) is 0 Å². The molecule has 0 aromatic heterocycles. The van der Waals surface area contributed by atoms with E-state index in [-0.39, 0.29) is 0 Å². The van der Waals surface area contributed by atoms with Crippen LogP contribution in [0.4, 0.5) is 0 Å². The van der Waals surface area contributed by atoms with Gasteiger partial charge in [0.25, 0.3) is 0 Å². The van der Waals surface area contributed by atoms with Crippen LogP contribution in [-0.4, -0.2) is 0 Å². The molecule has 0 unspecified atom stereocenters. The van der Waals surface area contributed by atoms with E-state index in [9.17, 15) is 0 Å². The van der Waals surface area contributed by atoms with E-state index < -0.39 is 0 Å². The van der Waals surface area contributed by atoms with Crippen molar-refractivity contribution in [3.05, 3.63) is 88.4 Å². The fraction of sp³-hybridized carbons (Fsp3) is 0.167. The molecule has 0 nitrogen and oxygen atoms in total. The standard InChI is InChI=1S/C24H23Br/c1-4-6-18-9-13-23(24(25)15-18)21-12-14-22(19(5-2)16-21)20-10-7-17(3)8-11-20/h5,7-16H,2,4,6H2,1,3H3. The van der Waals surface area contributed by atoms with Crippen LogP contribution in [0.15, 0.2) is 71.7 Å².